The molecule has 6 nitrogen and oxygen atoms in total. The highest BCUT2D eigenvalue weighted by molar-refractivity contribution is 6.04. The van der Waals surface area contributed by atoms with Crippen LogP contribution >= 0.6 is 0 Å². The van der Waals surface area contributed by atoms with E-state index in [1.807, 2.05) is 0 Å². The van der Waals surface area contributed by atoms with Crippen LogP contribution in [0.3, 0.4) is 0 Å². The van der Waals surface area contributed by atoms with Crippen molar-refractivity contribution in [2.45, 2.75) is 0 Å². The number of nitro groups is 1. The second kappa shape index (κ2) is 4.81. The third-order valence-corrected chi connectivity index (χ3v) is 1.94. The van der Waals surface area contributed by atoms with Crippen molar-refractivity contribution in [1.29, 1.82) is 10.5 Å². The Morgan fingerprint density at radius 2 is 2.00 bits per heavy atom. The van der Waals surface area contributed by atoms with E-state index in [9.17, 15) is 19.3 Å². The van der Waals surface area contributed by atoms with E-state index in [2.05, 4.69) is 0 Å². The molecule has 84 valence electrons. The van der Waals surface area contributed by atoms with E-state index in [0.29, 0.717) is 6.07 Å². The first kappa shape index (κ1) is 12.3. The van der Waals surface area contributed by atoms with Gasteiger partial charge < -0.3 is 0 Å². The molecular formula is C10H4FN3O3. The molecule has 0 saturated carbocycles. The van der Waals surface area contributed by atoms with Gasteiger partial charge in [-0.15, -0.1) is 0 Å². The Morgan fingerprint density at radius 3 is 2.47 bits per heavy atom. The molecule has 0 aromatic heterocycles. The minimum Gasteiger partial charge on any atom is -0.291 e. The van der Waals surface area contributed by atoms with Crippen molar-refractivity contribution in [1.82, 2.24) is 0 Å². The van der Waals surface area contributed by atoms with Crippen molar-refractivity contribution in [3.8, 4) is 12.1 Å². The topological polar surface area (TPSA) is 108 Å². The number of Topliss-reactive ketones (excluding diaryl/α,β-unsaturated/α-hetero) is 1. The first-order valence-electron chi connectivity index (χ1n) is 4.28. The van der Waals surface area contributed by atoms with Crippen LogP contribution in [0.2, 0.25) is 0 Å². The van der Waals surface area contributed by atoms with Crippen LogP contribution in [0.4, 0.5) is 10.1 Å². The summed E-state index contributed by atoms with van der Waals surface area (Å²) < 4.78 is 12.8. The van der Waals surface area contributed by atoms with Crippen molar-refractivity contribution in [2.75, 3.05) is 0 Å². The van der Waals surface area contributed by atoms with Crippen LogP contribution in [-0.4, -0.2) is 10.7 Å². The van der Waals surface area contributed by atoms with E-state index in [-0.39, 0.29) is 0 Å². The normalized spacial score (nSPS) is 9.41. The monoisotopic (exact) mass is 233 g/mol. The molecular weight excluding hydrogens is 229 g/mol. The SMILES string of the molecule is N#CC(C#N)C(=O)c1ccc(F)cc1[N+](=O)[O-]. The predicted octanol–water partition coefficient (Wildman–Crippen LogP) is 1.58. The average molecular weight is 233 g/mol. The molecule has 0 atom stereocenters. The number of rotatable bonds is 3. The van der Waals surface area contributed by atoms with Crippen molar-refractivity contribution in [3.05, 3.63) is 39.7 Å². The van der Waals surface area contributed by atoms with Gasteiger partial charge in [-0.1, -0.05) is 0 Å². The molecule has 0 spiro atoms. The largest absolute Gasteiger partial charge is 0.291 e. The van der Waals surface area contributed by atoms with Crippen molar-refractivity contribution >= 4 is 11.5 Å². The fourth-order valence-electron chi connectivity index (χ4n) is 1.17. The van der Waals surface area contributed by atoms with Crippen molar-refractivity contribution in [2.24, 2.45) is 5.92 Å². The van der Waals surface area contributed by atoms with Crippen molar-refractivity contribution < 1.29 is 14.1 Å². The number of carbonyl (C=O) groups is 1. The number of hydrogen-bond acceptors (Lipinski definition) is 5. The first-order valence-corrected chi connectivity index (χ1v) is 4.28. The number of nitro benzene ring substituents is 1. The molecule has 0 aliphatic heterocycles. The van der Waals surface area contributed by atoms with Crippen LogP contribution in [-0.2, 0) is 0 Å². The molecule has 0 N–H and O–H groups in total. The lowest BCUT2D eigenvalue weighted by Gasteiger charge is -2.01. The Morgan fingerprint density at radius 1 is 1.41 bits per heavy atom. The Balaban J connectivity index is 3.33. The number of halogens is 1. The Kier molecular flexibility index (Phi) is 3.48. The molecule has 0 aliphatic rings. The van der Waals surface area contributed by atoms with Crippen LogP contribution in [0.25, 0.3) is 0 Å². The fourth-order valence-corrected chi connectivity index (χ4v) is 1.17. The number of benzene rings is 1. The summed E-state index contributed by atoms with van der Waals surface area (Å²) in [6.45, 7) is 0. The van der Waals surface area contributed by atoms with Gasteiger partial charge >= 0.3 is 0 Å². The van der Waals surface area contributed by atoms with Crippen LogP contribution in [0.5, 0.6) is 0 Å². The highest BCUT2D eigenvalue weighted by Crippen LogP contribution is 2.22. The van der Waals surface area contributed by atoms with Gasteiger partial charge in [0.1, 0.15) is 5.82 Å². The third kappa shape index (κ3) is 2.41. The standard InChI is InChI=1S/C10H4FN3O3/c11-7-1-2-8(9(3-7)14(16)17)10(15)6(4-12)5-13/h1-3,6H. The Hall–Kier alpha value is -2.80. The molecule has 0 fully saturated rings. The number of carbonyl (C=O) groups excluding carboxylic acids is 1. The number of nitrogens with zero attached hydrogens (tertiary/aromatic N) is 3. The molecule has 1 aromatic rings. The van der Waals surface area contributed by atoms with Crippen molar-refractivity contribution in [3.63, 3.8) is 0 Å². The molecule has 1 rings (SSSR count). The summed E-state index contributed by atoms with van der Waals surface area (Å²) >= 11 is 0. The summed E-state index contributed by atoms with van der Waals surface area (Å²) in [6.07, 6.45) is 0. The number of hydrogen-bond donors (Lipinski definition) is 0. The predicted molar refractivity (Wildman–Crippen MR) is 52.1 cm³/mol. The van der Waals surface area contributed by atoms with E-state index >= 15 is 0 Å². The van der Waals surface area contributed by atoms with E-state index < -0.39 is 33.7 Å². The van der Waals surface area contributed by atoms with Gasteiger partial charge in [0.15, 0.2) is 5.92 Å². The Labute approximate surface area is 94.7 Å². The van der Waals surface area contributed by atoms with E-state index in [0.717, 1.165) is 12.1 Å². The smallest absolute Gasteiger partial charge is 0.283 e. The molecule has 0 amide bonds. The van der Waals surface area contributed by atoms with E-state index in [4.69, 9.17) is 10.5 Å². The van der Waals surface area contributed by atoms with Crippen LogP contribution in [0, 0.1) is 44.5 Å². The molecule has 17 heavy (non-hydrogen) atoms. The van der Waals surface area contributed by atoms with Gasteiger partial charge in [0, 0.05) is 0 Å². The fraction of sp³-hybridized carbons (Fsp3) is 0.100. The maximum Gasteiger partial charge on any atom is 0.283 e. The summed E-state index contributed by atoms with van der Waals surface area (Å²) in [7, 11) is 0. The molecule has 0 radical (unpaired) electrons. The second-order valence-electron chi connectivity index (χ2n) is 2.97. The van der Waals surface area contributed by atoms with E-state index in [1.165, 1.54) is 12.1 Å². The molecule has 0 heterocycles. The van der Waals surface area contributed by atoms with Gasteiger partial charge in [-0.25, -0.2) is 4.39 Å². The van der Waals surface area contributed by atoms with Gasteiger partial charge in [-0.05, 0) is 12.1 Å². The summed E-state index contributed by atoms with van der Waals surface area (Å²) in [4.78, 5) is 21.2. The lowest BCUT2D eigenvalue weighted by Crippen LogP contribution is -2.13. The molecule has 0 saturated heterocycles. The maximum atomic E-state index is 12.8. The quantitative estimate of drug-likeness (QED) is 0.447. The number of nitriles is 2. The van der Waals surface area contributed by atoms with Crippen LogP contribution in [0.1, 0.15) is 10.4 Å². The first-order chi connectivity index (χ1) is 8.01. The molecule has 7 heteroatoms. The Bertz CT molecular complexity index is 557. The molecule has 0 aliphatic carbocycles. The lowest BCUT2D eigenvalue weighted by molar-refractivity contribution is -0.385. The zero-order chi connectivity index (χ0) is 13.0. The lowest BCUT2D eigenvalue weighted by atomic mass is 9.99. The average Bonchev–Trinajstić information content (AvgIpc) is 2.30. The molecule has 1 aromatic carbocycles. The third-order valence-electron chi connectivity index (χ3n) is 1.94. The maximum absolute atomic E-state index is 12.8. The molecule has 0 bridgehead atoms. The van der Waals surface area contributed by atoms with E-state index in [1.54, 1.807) is 0 Å². The highest BCUT2D eigenvalue weighted by Gasteiger charge is 2.27. The minimum absolute atomic E-state index is 0.454. The van der Waals surface area contributed by atoms with Crippen LogP contribution < -0.4 is 0 Å². The van der Waals surface area contributed by atoms with Gasteiger partial charge in [0.2, 0.25) is 5.78 Å². The summed E-state index contributed by atoms with van der Waals surface area (Å²) in [5.74, 6) is -3.53. The zero-order valence-electron chi connectivity index (χ0n) is 8.25. The summed E-state index contributed by atoms with van der Waals surface area (Å²) in [5.41, 5.74) is -1.21. The minimum atomic E-state index is -1.64. The van der Waals surface area contributed by atoms with Gasteiger partial charge in [0.05, 0.1) is 28.7 Å². The van der Waals surface area contributed by atoms with Gasteiger partial charge in [-0.3, -0.25) is 14.9 Å². The second-order valence-corrected chi connectivity index (χ2v) is 2.97. The summed E-state index contributed by atoms with van der Waals surface area (Å²) in [6, 6.07) is 5.12. The zero-order valence-corrected chi connectivity index (χ0v) is 8.25. The highest BCUT2D eigenvalue weighted by atomic mass is 19.1. The van der Waals surface area contributed by atoms with Gasteiger partial charge in [-0.2, -0.15) is 10.5 Å². The number of ketones is 1. The summed E-state index contributed by atoms with van der Waals surface area (Å²) in [5, 5.41) is 27.6. The van der Waals surface area contributed by atoms with Gasteiger partial charge in [0.25, 0.3) is 5.69 Å². The molecule has 0 unspecified atom stereocenters. The van der Waals surface area contributed by atoms with Crippen LogP contribution in [0.15, 0.2) is 18.2 Å².